The normalized spacial score (nSPS) is 14.9. The van der Waals surface area contributed by atoms with Crippen LogP contribution in [0.1, 0.15) is 17.5 Å². The van der Waals surface area contributed by atoms with Crippen LogP contribution in [0.3, 0.4) is 0 Å². The molecule has 0 saturated carbocycles. The van der Waals surface area contributed by atoms with Crippen molar-refractivity contribution in [3.63, 3.8) is 0 Å². The van der Waals surface area contributed by atoms with Crippen LogP contribution >= 0.6 is 34.5 Å². The largest absolute Gasteiger partial charge is 0.383 e. The molecule has 1 aliphatic carbocycles. The minimum atomic E-state index is -0.479. The predicted octanol–water partition coefficient (Wildman–Crippen LogP) is 2.51. The quantitative estimate of drug-likeness (QED) is 0.879. The summed E-state index contributed by atoms with van der Waals surface area (Å²) >= 11 is 13.0. The summed E-state index contributed by atoms with van der Waals surface area (Å²) in [4.78, 5) is 28.2. The van der Waals surface area contributed by atoms with Gasteiger partial charge in [-0.05, 0) is 30.2 Å². The smallest absolute Gasteiger partial charge is 0.283 e. The molecule has 2 aromatic heterocycles. The van der Waals surface area contributed by atoms with Gasteiger partial charge >= 0.3 is 0 Å². The second kappa shape index (κ2) is 5.92. The van der Waals surface area contributed by atoms with Gasteiger partial charge in [0, 0.05) is 0 Å². The zero-order chi connectivity index (χ0) is 16.7. The van der Waals surface area contributed by atoms with Crippen LogP contribution in [0.15, 0.2) is 32.6 Å². The lowest BCUT2D eigenvalue weighted by Crippen LogP contribution is -2.17. The van der Waals surface area contributed by atoms with Gasteiger partial charge in [0.25, 0.3) is 5.56 Å². The predicted molar refractivity (Wildman–Crippen MR) is 91.8 cm³/mol. The summed E-state index contributed by atoms with van der Waals surface area (Å²) in [5.41, 5.74) is 6.22. The maximum absolute atomic E-state index is 12.2. The lowest BCUT2D eigenvalue weighted by Gasteiger charge is -2.07. The van der Waals surface area contributed by atoms with E-state index in [1.54, 1.807) is 0 Å². The fourth-order valence-electron chi connectivity index (χ4n) is 2.03. The van der Waals surface area contributed by atoms with Gasteiger partial charge in [-0.25, -0.2) is 0 Å². The Bertz CT molecular complexity index is 961. The Labute approximate surface area is 144 Å². The molecule has 2 N–H and O–H groups in total. The molecular weight excluding hydrogens is 359 g/mol. The van der Waals surface area contributed by atoms with Crippen molar-refractivity contribution in [2.75, 3.05) is 5.73 Å². The highest BCUT2D eigenvalue weighted by Gasteiger charge is 2.18. The average molecular weight is 369 g/mol. The van der Waals surface area contributed by atoms with Gasteiger partial charge in [0.15, 0.2) is 0 Å². The van der Waals surface area contributed by atoms with Gasteiger partial charge in [0.1, 0.15) is 10.8 Å². The molecule has 23 heavy (non-hydrogen) atoms. The van der Waals surface area contributed by atoms with Crippen molar-refractivity contribution in [3.05, 3.63) is 48.7 Å². The first kappa shape index (κ1) is 15.9. The van der Waals surface area contributed by atoms with Crippen molar-refractivity contribution in [1.29, 1.82) is 0 Å². The first-order valence-electron chi connectivity index (χ1n) is 6.59. The molecule has 0 amide bonds. The van der Waals surface area contributed by atoms with E-state index in [1.807, 2.05) is 6.92 Å². The number of carbonyl (C=O) groups is 1. The van der Waals surface area contributed by atoms with E-state index in [4.69, 9.17) is 28.9 Å². The number of nitrogen functional groups attached to an aromatic ring is 1. The summed E-state index contributed by atoms with van der Waals surface area (Å²) in [7, 11) is 0. The minimum Gasteiger partial charge on any atom is -0.383 e. The van der Waals surface area contributed by atoms with Gasteiger partial charge in [-0.15, -0.1) is 0 Å². The van der Waals surface area contributed by atoms with Gasteiger partial charge in [0.05, 0.1) is 15.6 Å². The molecule has 0 fully saturated rings. The van der Waals surface area contributed by atoms with Crippen molar-refractivity contribution in [1.82, 2.24) is 14.6 Å². The summed E-state index contributed by atoms with van der Waals surface area (Å²) in [5.74, 6) is -0.287. The number of fused-ring (bicyclic) bond motifs is 1. The Morgan fingerprint density at radius 1 is 1.30 bits per heavy atom. The number of carbonyl (C=O) groups excluding carboxylic acids is 1. The lowest BCUT2D eigenvalue weighted by molar-refractivity contribution is -0.111. The van der Waals surface area contributed by atoms with Gasteiger partial charge in [-0.1, -0.05) is 41.5 Å². The standard InChI is InChI=1S/C14H10Cl2N4O2S/c1-2-10-19-20-12(17)7(13(22)18-14(20)23-10)3-6-4-8(15)11(21)9(16)5-6/h3-5H,2,17H2,1H3. The van der Waals surface area contributed by atoms with Crippen molar-refractivity contribution in [2.24, 2.45) is 0 Å². The van der Waals surface area contributed by atoms with Crippen LogP contribution in [0.4, 0.5) is 5.82 Å². The minimum absolute atomic E-state index is 0.0293. The summed E-state index contributed by atoms with van der Waals surface area (Å²) in [6, 6.07) is 0. The second-order valence-electron chi connectivity index (χ2n) is 4.72. The van der Waals surface area contributed by atoms with Crippen LogP contribution < -0.4 is 11.3 Å². The molecular formula is C14H10Cl2N4O2S. The van der Waals surface area contributed by atoms with Crippen LogP contribution in [0.5, 0.6) is 0 Å². The fourth-order valence-corrected chi connectivity index (χ4v) is 3.36. The molecule has 2 heterocycles. The van der Waals surface area contributed by atoms with Gasteiger partial charge < -0.3 is 5.73 Å². The van der Waals surface area contributed by atoms with E-state index in [0.717, 1.165) is 11.4 Å². The molecule has 9 heteroatoms. The Kier molecular flexibility index (Phi) is 4.09. The monoisotopic (exact) mass is 368 g/mol. The number of nitrogens with zero attached hydrogens (tertiary/aromatic N) is 3. The topological polar surface area (TPSA) is 90.4 Å². The summed E-state index contributed by atoms with van der Waals surface area (Å²) in [6.45, 7) is 1.95. The van der Waals surface area contributed by atoms with Gasteiger partial charge in [-0.2, -0.15) is 14.6 Å². The highest BCUT2D eigenvalue weighted by molar-refractivity contribution is 7.16. The van der Waals surface area contributed by atoms with E-state index >= 15 is 0 Å². The van der Waals surface area contributed by atoms with Crippen LogP contribution in [-0.2, 0) is 11.2 Å². The van der Waals surface area contributed by atoms with Crippen molar-refractivity contribution >= 4 is 57.2 Å². The zero-order valence-electron chi connectivity index (χ0n) is 11.8. The molecule has 0 aliphatic heterocycles. The maximum Gasteiger partial charge on any atom is 0.283 e. The first-order chi connectivity index (χ1) is 10.9. The highest BCUT2D eigenvalue weighted by Crippen LogP contribution is 2.26. The number of Topliss-reactive ketones (excluding diaryl/α,β-unsaturated/α-hetero) is 1. The van der Waals surface area contributed by atoms with E-state index in [0.29, 0.717) is 10.5 Å². The molecule has 0 bridgehead atoms. The maximum atomic E-state index is 12.2. The molecule has 0 saturated heterocycles. The Balaban J connectivity index is 2.19. The van der Waals surface area contributed by atoms with Gasteiger partial charge in [-0.3, -0.25) is 9.59 Å². The van der Waals surface area contributed by atoms with E-state index in [1.165, 1.54) is 34.1 Å². The second-order valence-corrected chi connectivity index (χ2v) is 6.57. The number of aromatic nitrogens is 3. The summed E-state index contributed by atoms with van der Waals surface area (Å²) < 4.78 is 1.43. The third kappa shape index (κ3) is 2.83. The Morgan fingerprint density at radius 3 is 2.57 bits per heavy atom. The molecule has 0 unspecified atom stereocenters. The lowest BCUT2D eigenvalue weighted by atomic mass is 10.1. The van der Waals surface area contributed by atoms with Crippen molar-refractivity contribution in [3.8, 4) is 0 Å². The molecule has 0 atom stereocenters. The number of anilines is 1. The van der Waals surface area contributed by atoms with Crippen molar-refractivity contribution < 1.29 is 4.79 Å². The van der Waals surface area contributed by atoms with E-state index in [9.17, 15) is 9.59 Å². The van der Waals surface area contributed by atoms with Crippen molar-refractivity contribution in [2.45, 2.75) is 13.3 Å². The summed E-state index contributed by atoms with van der Waals surface area (Å²) in [6.07, 6.45) is 5.04. The molecule has 0 aromatic carbocycles. The molecule has 6 nitrogen and oxygen atoms in total. The molecule has 0 spiro atoms. The summed E-state index contributed by atoms with van der Waals surface area (Å²) in [5, 5.41) is 5.07. The molecule has 118 valence electrons. The number of ketones is 1. The van der Waals surface area contributed by atoms with Gasteiger partial charge in [0.2, 0.25) is 10.7 Å². The number of rotatable bonds is 2. The number of aryl methyl sites for hydroxylation is 1. The van der Waals surface area contributed by atoms with Crippen LogP contribution in [0.25, 0.3) is 11.0 Å². The first-order valence-corrected chi connectivity index (χ1v) is 8.17. The third-order valence-electron chi connectivity index (χ3n) is 3.17. The highest BCUT2D eigenvalue weighted by atomic mass is 35.5. The van der Waals surface area contributed by atoms with E-state index in [-0.39, 0.29) is 21.4 Å². The number of allylic oxidation sites excluding steroid dienone is 5. The third-order valence-corrected chi connectivity index (χ3v) is 4.78. The molecule has 1 aliphatic rings. The molecule has 3 rings (SSSR count). The molecule has 2 aromatic rings. The average Bonchev–Trinajstić information content (AvgIpc) is 2.92. The SMILES string of the molecule is CCc1nn2c(N)c(C=C3C=C(Cl)C(=O)C(Cl)=C3)c(=O)nc2s1. The number of halogens is 2. The van der Waals surface area contributed by atoms with E-state index in [2.05, 4.69) is 10.1 Å². The number of hydrogen-bond acceptors (Lipinski definition) is 6. The van der Waals surface area contributed by atoms with Crippen LogP contribution in [0.2, 0.25) is 0 Å². The zero-order valence-corrected chi connectivity index (χ0v) is 14.2. The number of nitrogens with two attached hydrogens (primary N) is 1. The Morgan fingerprint density at radius 2 is 1.96 bits per heavy atom. The number of hydrogen-bond donors (Lipinski definition) is 1. The van der Waals surface area contributed by atoms with E-state index < -0.39 is 11.3 Å². The van der Waals surface area contributed by atoms with Crippen LogP contribution in [0, 0.1) is 0 Å². The molecule has 0 radical (unpaired) electrons. The Hall–Kier alpha value is -1.96. The fraction of sp³-hybridized carbons (Fsp3) is 0.143. The van der Waals surface area contributed by atoms with Crippen LogP contribution in [-0.4, -0.2) is 20.4 Å².